The molecule has 0 N–H and O–H groups in total. The molecule has 0 aromatic heterocycles. The van der Waals surface area contributed by atoms with Crippen molar-refractivity contribution in [2.45, 2.75) is 46.0 Å². The number of unbranched alkanes of at least 4 members (excludes halogenated alkanes) is 2. The SMILES string of the molecule is CCCCCC1=[C]CC=C1C. The molecule has 61 valence electrons. The average molecular weight is 149 g/mol. The lowest BCUT2D eigenvalue weighted by molar-refractivity contribution is 0.715. The molecule has 1 aliphatic rings. The minimum Gasteiger partial charge on any atom is -0.0769 e. The van der Waals surface area contributed by atoms with Crippen molar-refractivity contribution in [3.8, 4) is 0 Å². The van der Waals surface area contributed by atoms with Crippen molar-refractivity contribution in [1.82, 2.24) is 0 Å². The molecule has 0 saturated heterocycles. The van der Waals surface area contributed by atoms with Gasteiger partial charge < -0.3 is 0 Å². The van der Waals surface area contributed by atoms with Gasteiger partial charge >= 0.3 is 0 Å². The van der Waals surface area contributed by atoms with Crippen molar-refractivity contribution in [2.24, 2.45) is 0 Å². The molecular weight excluding hydrogens is 132 g/mol. The molecule has 0 atom stereocenters. The summed E-state index contributed by atoms with van der Waals surface area (Å²) in [4.78, 5) is 0. The summed E-state index contributed by atoms with van der Waals surface area (Å²) in [6.07, 6.45) is 12.0. The largest absolute Gasteiger partial charge is 0.0769 e. The van der Waals surface area contributed by atoms with E-state index in [0.717, 1.165) is 6.42 Å². The molecule has 0 heterocycles. The third-order valence-corrected chi connectivity index (χ3v) is 2.23. The quantitative estimate of drug-likeness (QED) is 0.535. The highest BCUT2D eigenvalue weighted by molar-refractivity contribution is 5.32. The summed E-state index contributed by atoms with van der Waals surface area (Å²) >= 11 is 0. The van der Waals surface area contributed by atoms with E-state index >= 15 is 0 Å². The zero-order valence-corrected chi connectivity index (χ0v) is 7.61. The molecule has 0 aliphatic heterocycles. The van der Waals surface area contributed by atoms with Crippen LogP contribution in [-0.2, 0) is 0 Å². The van der Waals surface area contributed by atoms with E-state index in [9.17, 15) is 0 Å². The third-order valence-electron chi connectivity index (χ3n) is 2.23. The van der Waals surface area contributed by atoms with Crippen molar-refractivity contribution >= 4 is 0 Å². The molecule has 0 amide bonds. The Morgan fingerprint density at radius 3 is 2.82 bits per heavy atom. The highest BCUT2D eigenvalue weighted by Gasteiger charge is 2.04. The van der Waals surface area contributed by atoms with Gasteiger partial charge in [0, 0.05) is 0 Å². The second-order valence-corrected chi connectivity index (χ2v) is 3.20. The first-order valence-electron chi connectivity index (χ1n) is 4.61. The molecule has 0 nitrogen and oxygen atoms in total. The zero-order valence-electron chi connectivity index (χ0n) is 7.61. The van der Waals surface area contributed by atoms with Gasteiger partial charge in [-0.25, -0.2) is 0 Å². The molecule has 0 heteroatoms. The van der Waals surface area contributed by atoms with Crippen LogP contribution in [0.2, 0.25) is 0 Å². The fraction of sp³-hybridized carbons (Fsp3) is 0.636. The molecule has 0 aromatic rings. The summed E-state index contributed by atoms with van der Waals surface area (Å²) in [6.45, 7) is 4.44. The standard InChI is InChI=1S/C11H17/c1-3-4-5-8-11-9-6-7-10(11)2/h7H,3-6,8H2,1-2H3. The third kappa shape index (κ3) is 2.53. The Kier molecular flexibility index (Phi) is 3.41. The van der Waals surface area contributed by atoms with Crippen LogP contribution < -0.4 is 0 Å². The summed E-state index contributed by atoms with van der Waals surface area (Å²) in [5.41, 5.74) is 2.93. The van der Waals surface area contributed by atoms with Crippen LogP contribution in [0.15, 0.2) is 17.2 Å². The van der Waals surface area contributed by atoms with Gasteiger partial charge in [-0.2, -0.15) is 0 Å². The number of rotatable bonds is 4. The molecule has 0 saturated carbocycles. The highest BCUT2D eigenvalue weighted by atomic mass is 14.1. The van der Waals surface area contributed by atoms with Crippen LogP contribution >= 0.6 is 0 Å². The van der Waals surface area contributed by atoms with Crippen molar-refractivity contribution < 1.29 is 0 Å². The summed E-state index contributed by atoms with van der Waals surface area (Å²) < 4.78 is 0. The Bertz CT molecular complexity index is 172. The normalized spacial score (nSPS) is 16.5. The van der Waals surface area contributed by atoms with Crippen molar-refractivity contribution in [1.29, 1.82) is 0 Å². The second-order valence-electron chi connectivity index (χ2n) is 3.20. The first kappa shape index (κ1) is 8.58. The molecule has 0 spiro atoms. The fourth-order valence-electron chi connectivity index (χ4n) is 1.43. The van der Waals surface area contributed by atoms with E-state index < -0.39 is 0 Å². The van der Waals surface area contributed by atoms with Crippen LogP contribution in [-0.4, -0.2) is 0 Å². The van der Waals surface area contributed by atoms with Crippen molar-refractivity contribution in [3.05, 3.63) is 23.3 Å². The molecule has 1 radical (unpaired) electrons. The number of hydrogen-bond donors (Lipinski definition) is 0. The topological polar surface area (TPSA) is 0 Å². The van der Waals surface area contributed by atoms with E-state index in [0.29, 0.717) is 0 Å². The van der Waals surface area contributed by atoms with Crippen LogP contribution in [0.1, 0.15) is 46.0 Å². The summed E-state index contributed by atoms with van der Waals surface area (Å²) in [7, 11) is 0. The van der Waals surface area contributed by atoms with Gasteiger partial charge in [0.1, 0.15) is 0 Å². The summed E-state index contributed by atoms with van der Waals surface area (Å²) in [6, 6.07) is 0. The molecule has 0 unspecified atom stereocenters. The Balaban J connectivity index is 2.22. The van der Waals surface area contributed by atoms with Crippen LogP contribution in [0.25, 0.3) is 0 Å². The van der Waals surface area contributed by atoms with Gasteiger partial charge in [0.2, 0.25) is 0 Å². The molecule has 1 aliphatic carbocycles. The lowest BCUT2D eigenvalue weighted by Gasteiger charge is -2.01. The maximum Gasteiger partial charge on any atom is -0.00858 e. The van der Waals surface area contributed by atoms with Crippen LogP contribution in [0.4, 0.5) is 0 Å². The smallest absolute Gasteiger partial charge is 0.00858 e. The monoisotopic (exact) mass is 149 g/mol. The molecule has 1 rings (SSSR count). The zero-order chi connectivity index (χ0) is 8.10. The first-order valence-corrected chi connectivity index (χ1v) is 4.61. The van der Waals surface area contributed by atoms with Gasteiger partial charge in [-0.1, -0.05) is 31.4 Å². The van der Waals surface area contributed by atoms with E-state index in [-0.39, 0.29) is 0 Å². The lowest BCUT2D eigenvalue weighted by atomic mass is 10.0. The highest BCUT2D eigenvalue weighted by Crippen LogP contribution is 2.22. The van der Waals surface area contributed by atoms with Crippen LogP contribution in [0.3, 0.4) is 0 Å². The van der Waals surface area contributed by atoms with Crippen LogP contribution in [0, 0.1) is 6.08 Å². The first-order chi connectivity index (χ1) is 5.34. The minimum absolute atomic E-state index is 1.05. The van der Waals surface area contributed by atoms with Gasteiger partial charge in [-0.15, -0.1) is 0 Å². The van der Waals surface area contributed by atoms with E-state index in [4.69, 9.17) is 0 Å². The van der Waals surface area contributed by atoms with E-state index in [1.54, 1.807) is 0 Å². The van der Waals surface area contributed by atoms with E-state index in [1.165, 1.54) is 36.8 Å². The van der Waals surface area contributed by atoms with Gasteiger partial charge in [-0.05, 0) is 37.8 Å². The fourth-order valence-corrected chi connectivity index (χ4v) is 1.43. The number of hydrogen-bond acceptors (Lipinski definition) is 0. The Labute approximate surface area is 70.0 Å². The predicted molar refractivity (Wildman–Crippen MR) is 49.3 cm³/mol. The maximum atomic E-state index is 3.39. The average Bonchev–Trinajstić information content (AvgIpc) is 2.37. The van der Waals surface area contributed by atoms with Crippen LogP contribution in [0.5, 0.6) is 0 Å². The van der Waals surface area contributed by atoms with Gasteiger partial charge in [0.25, 0.3) is 0 Å². The molecule has 0 bridgehead atoms. The Morgan fingerprint density at radius 2 is 2.27 bits per heavy atom. The van der Waals surface area contributed by atoms with Crippen molar-refractivity contribution in [3.63, 3.8) is 0 Å². The Morgan fingerprint density at radius 1 is 1.45 bits per heavy atom. The van der Waals surface area contributed by atoms with Crippen molar-refractivity contribution in [2.75, 3.05) is 0 Å². The summed E-state index contributed by atoms with van der Waals surface area (Å²) in [5.74, 6) is 0. The van der Waals surface area contributed by atoms with E-state index in [1.807, 2.05) is 0 Å². The number of allylic oxidation sites excluding steroid dienone is 4. The Hall–Kier alpha value is -0.520. The maximum absolute atomic E-state index is 3.39. The molecule has 0 aromatic carbocycles. The lowest BCUT2D eigenvalue weighted by Crippen LogP contribution is -1.82. The molecular formula is C11H17. The van der Waals surface area contributed by atoms with Gasteiger partial charge in [-0.3, -0.25) is 0 Å². The van der Waals surface area contributed by atoms with E-state index in [2.05, 4.69) is 26.0 Å². The predicted octanol–water partition coefficient (Wildman–Crippen LogP) is 3.65. The second kappa shape index (κ2) is 4.38. The van der Waals surface area contributed by atoms with Gasteiger partial charge in [0.05, 0.1) is 0 Å². The van der Waals surface area contributed by atoms with Gasteiger partial charge in [0.15, 0.2) is 0 Å². The summed E-state index contributed by atoms with van der Waals surface area (Å²) in [5, 5.41) is 0. The minimum atomic E-state index is 1.05. The molecule has 11 heavy (non-hydrogen) atoms. The molecule has 0 fully saturated rings.